The number of alkyl halides is 1. The summed E-state index contributed by atoms with van der Waals surface area (Å²) < 4.78 is 12.6. The van der Waals surface area contributed by atoms with Crippen molar-refractivity contribution < 1.29 is 14.0 Å². The van der Waals surface area contributed by atoms with Crippen LogP contribution < -0.4 is 5.32 Å². The predicted molar refractivity (Wildman–Crippen MR) is 61.0 cm³/mol. The van der Waals surface area contributed by atoms with E-state index in [-0.39, 0.29) is 24.3 Å². The molecule has 1 unspecified atom stereocenters. The first-order valence-electron chi connectivity index (χ1n) is 6.04. The molecule has 0 bridgehead atoms. The Morgan fingerprint density at radius 3 is 2.41 bits per heavy atom. The van der Waals surface area contributed by atoms with Gasteiger partial charge in [-0.3, -0.25) is 9.59 Å². The Morgan fingerprint density at radius 1 is 1.35 bits per heavy atom. The number of nitrogens with zero attached hydrogens (tertiary/aromatic N) is 1. The van der Waals surface area contributed by atoms with Crippen LogP contribution in [0.5, 0.6) is 0 Å². The third-order valence-electron chi connectivity index (χ3n) is 4.00. The second-order valence-corrected chi connectivity index (χ2v) is 5.64. The third-order valence-corrected chi connectivity index (χ3v) is 4.00. The summed E-state index contributed by atoms with van der Waals surface area (Å²) in [7, 11) is 0. The Labute approximate surface area is 101 Å². The minimum atomic E-state index is -0.961. The van der Waals surface area contributed by atoms with Gasteiger partial charge >= 0.3 is 0 Å². The van der Waals surface area contributed by atoms with Crippen molar-refractivity contribution in [3.05, 3.63) is 0 Å². The van der Waals surface area contributed by atoms with E-state index in [1.165, 1.54) is 4.90 Å². The Hall–Kier alpha value is -1.13. The molecule has 4 nitrogen and oxygen atoms in total. The number of halogens is 1. The lowest BCUT2D eigenvalue weighted by molar-refractivity contribution is -0.161. The highest BCUT2D eigenvalue weighted by Crippen LogP contribution is 2.43. The van der Waals surface area contributed by atoms with E-state index in [0.29, 0.717) is 0 Å². The van der Waals surface area contributed by atoms with E-state index in [9.17, 15) is 14.0 Å². The molecule has 1 aliphatic carbocycles. The highest BCUT2D eigenvalue weighted by molar-refractivity contribution is 6.02. The third kappa shape index (κ3) is 1.72. The quantitative estimate of drug-likeness (QED) is 0.798. The summed E-state index contributed by atoms with van der Waals surface area (Å²) >= 11 is 0. The van der Waals surface area contributed by atoms with Gasteiger partial charge < -0.3 is 10.2 Å². The summed E-state index contributed by atoms with van der Waals surface area (Å²) in [5, 5.41) is 2.83. The largest absolute Gasteiger partial charge is 0.340 e. The van der Waals surface area contributed by atoms with E-state index in [0.717, 1.165) is 12.8 Å². The minimum absolute atomic E-state index is 0.0123. The van der Waals surface area contributed by atoms with Gasteiger partial charge in [-0.1, -0.05) is 0 Å². The van der Waals surface area contributed by atoms with Crippen molar-refractivity contribution in [2.45, 2.75) is 44.7 Å². The average molecular weight is 242 g/mol. The molecule has 2 aliphatic rings. The molecule has 1 saturated carbocycles. The van der Waals surface area contributed by atoms with Crippen LogP contribution in [0.4, 0.5) is 4.39 Å². The number of piperazine rings is 1. The Balaban J connectivity index is 2.32. The van der Waals surface area contributed by atoms with Gasteiger partial charge in [0.15, 0.2) is 0 Å². The lowest BCUT2D eigenvalue weighted by Crippen LogP contribution is -2.74. The first-order valence-corrected chi connectivity index (χ1v) is 6.04. The second kappa shape index (κ2) is 3.68. The van der Waals surface area contributed by atoms with Gasteiger partial charge in [0.25, 0.3) is 0 Å². The van der Waals surface area contributed by atoms with Crippen molar-refractivity contribution in [2.24, 2.45) is 5.92 Å². The molecule has 1 heterocycles. The normalized spacial score (nSPS) is 32.6. The van der Waals surface area contributed by atoms with Crippen molar-refractivity contribution in [2.75, 3.05) is 13.2 Å². The van der Waals surface area contributed by atoms with E-state index in [1.807, 2.05) is 0 Å². The number of carbonyl (C=O) groups excluding carboxylic acids is 2. The molecule has 0 aromatic heterocycles. The summed E-state index contributed by atoms with van der Waals surface area (Å²) in [5.41, 5.74) is -1.79. The Kier molecular flexibility index (Phi) is 2.67. The van der Waals surface area contributed by atoms with Crippen molar-refractivity contribution in [1.29, 1.82) is 0 Å². The van der Waals surface area contributed by atoms with Crippen LogP contribution in [0.15, 0.2) is 0 Å². The van der Waals surface area contributed by atoms with Gasteiger partial charge in [-0.2, -0.15) is 0 Å². The maximum Gasteiger partial charge on any atom is 0.249 e. The summed E-state index contributed by atoms with van der Waals surface area (Å²) in [6, 6.07) is 0. The number of rotatable bonds is 3. The van der Waals surface area contributed by atoms with Gasteiger partial charge in [-0.25, -0.2) is 4.39 Å². The SMILES string of the molecule is CC1(C2CC2)NC(=O)C(C)(C)N(CCF)C1=O. The molecular weight excluding hydrogens is 223 g/mol. The molecular formula is C12H19FN2O2. The van der Waals surface area contributed by atoms with Gasteiger partial charge in [-0.05, 0) is 39.5 Å². The van der Waals surface area contributed by atoms with E-state index in [1.54, 1.807) is 20.8 Å². The van der Waals surface area contributed by atoms with Crippen molar-refractivity contribution in [3.63, 3.8) is 0 Å². The summed E-state index contributed by atoms with van der Waals surface area (Å²) in [4.78, 5) is 25.9. The fourth-order valence-electron chi connectivity index (χ4n) is 2.50. The zero-order chi connectivity index (χ0) is 12.8. The molecule has 1 aliphatic heterocycles. The minimum Gasteiger partial charge on any atom is -0.340 e. The van der Waals surface area contributed by atoms with Crippen LogP contribution in [0, 0.1) is 5.92 Å². The van der Waals surface area contributed by atoms with Gasteiger partial charge in [0, 0.05) is 0 Å². The van der Waals surface area contributed by atoms with Crippen LogP contribution in [0.1, 0.15) is 33.6 Å². The van der Waals surface area contributed by atoms with Crippen LogP contribution in [0.25, 0.3) is 0 Å². The van der Waals surface area contributed by atoms with Crippen LogP contribution >= 0.6 is 0 Å². The molecule has 2 rings (SSSR count). The van der Waals surface area contributed by atoms with Gasteiger partial charge in [-0.15, -0.1) is 0 Å². The Bertz CT molecular complexity index is 366. The molecule has 96 valence electrons. The summed E-state index contributed by atoms with van der Waals surface area (Å²) in [5.74, 6) is -0.139. The average Bonchev–Trinajstić information content (AvgIpc) is 3.06. The molecule has 0 radical (unpaired) electrons. The fourth-order valence-corrected chi connectivity index (χ4v) is 2.50. The molecule has 0 spiro atoms. The molecule has 5 heteroatoms. The topological polar surface area (TPSA) is 49.4 Å². The Morgan fingerprint density at radius 2 is 1.94 bits per heavy atom. The molecule has 0 aromatic carbocycles. The lowest BCUT2D eigenvalue weighted by atomic mass is 9.85. The second-order valence-electron chi connectivity index (χ2n) is 5.64. The van der Waals surface area contributed by atoms with Crippen LogP contribution in [-0.2, 0) is 9.59 Å². The van der Waals surface area contributed by atoms with E-state index < -0.39 is 17.8 Å². The zero-order valence-corrected chi connectivity index (χ0v) is 10.5. The maximum atomic E-state index is 12.6. The van der Waals surface area contributed by atoms with Gasteiger partial charge in [0.2, 0.25) is 11.8 Å². The highest BCUT2D eigenvalue weighted by Gasteiger charge is 2.57. The maximum absolute atomic E-state index is 12.6. The van der Waals surface area contributed by atoms with E-state index >= 15 is 0 Å². The fraction of sp³-hybridized carbons (Fsp3) is 0.833. The van der Waals surface area contributed by atoms with Crippen LogP contribution in [0.3, 0.4) is 0 Å². The van der Waals surface area contributed by atoms with Gasteiger partial charge in [0.1, 0.15) is 17.8 Å². The monoisotopic (exact) mass is 242 g/mol. The van der Waals surface area contributed by atoms with E-state index in [2.05, 4.69) is 5.32 Å². The summed E-state index contributed by atoms with van der Waals surface area (Å²) in [6.45, 7) is 4.43. The van der Waals surface area contributed by atoms with Gasteiger partial charge in [0.05, 0.1) is 6.54 Å². The number of nitrogens with one attached hydrogen (secondary N) is 1. The molecule has 2 fully saturated rings. The summed E-state index contributed by atoms with van der Waals surface area (Å²) in [6.07, 6.45) is 1.90. The van der Waals surface area contributed by atoms with Crippen molar-refractivity contribution in [1.82, 2.24) is 10.2 Å². The van der Waals surface area contributed by atoms with Crippen molar-refractivity contribution >= 4 is 11.8 Å². The number of amides is 2. The zero-order valence-electron chi connectivity index (χ0n) is 10.5. The molecule has 1 saturated heterocycles. The predicted octanol–water partition coefficient (Wildman–Crippen LogP) is 0.862. The molecule has 1 N–H and O–H groups in total. The standard InChI is InChI=1S/C12H19FN2O2/c1-11(2)9(16)14-12(3,8-4-5-8)10(17)15(11)7-6-13/h8H,4-7H2,1-3H3,(H,14,16). The first-order chi connectivity index (χ1) is 7.84. The highest BCUT2D eigenvalue weighted by atomic mass is 19.1. The molecule has 2 amide bonds. The molecule has 1 atom stereocenters. The lowest BCUT2D eigenvalue weighted by Gasteiger charge is -2.48. The smallest absolute Gasteiger partial charge is 0.249 e. The number of hydrogen-bond donors (Lipinski definition) is 1. The first kappa shape index (κ1) is 12.3. The molecule has 0 aromatic rings. The molecule has 17 heavy (non-hydrogen) atoms. The van der Waals surface area contributed by atoms with E-state index in [4.69, 9.17) is 0 Å². The van der Waals surface area contributed by atoms with Crippen molar-refractivity contribution in [3.8, 4) is 0 Å². The number of carbonyl (C=O) groups is 2. The van der Waals surface area contributed by atoms with Crippen LogP contribution in [-0.4, -0.2) is 41.0 Å². The number of hydrogen-bond acceptors (Lipinski definition) is 2. The van der Waals surface area contributed by atoms with Crippen LogP contribution in [0.2, 0.25) is 0 Å².